The lowest BCUT2D eigenvalue weighted by atomic mass is 9.92. The highest BCUT2D eigenvalue weighted by molar-refractivity contribution is 5.76. The highest BCUT2D eigenvalue weighted by Crippen LogP contribution is 2.17. The minimum atomic E-state index is 0.0779. The minimum Gasteiger partial charge on any atom is -0.371 e. The van der Waals surface area contributed by atoms with Gasteiger partial charge >= 0.3 is 0 Å². The van der Waals surface area contributed by atoms with Crippen LogP contribution in [0.15, 0.2) is 0 Å². The molecule has 1 N–H and O–H groups in total. The van der Waals surface area contributed by atoms with Gasteiger partial charge in [0, 0.05) is 13.0 Å². The molecule has 0 spiro atoms. The molecule has 0 saturated carbocycles. The number of ether oxygens (including phenoxy) is 1. The molecule has 0 radical (unpaired) electrons. The molecule has 1 fully saturated rings. The molecule has 3 nitrogen and oxygen atoms in total. The molecule has 0 aliphatic carbocycles. The molecule has 70 valence electrons. The highest BCUT2D eigenvalue weighted by Gasteiger charge is 2.23. The van der Waals surface area contributed by atoms with E-state index >= 15 is 0 Å². The second-order valence-corrected chi connectivity index (χ2v) is 4.50. The van der Waals surface area contributed by atoms with Crippen LogP contribution in [0, 0.1) is 5.41 Å². The smallest absolute Gasteiger partial charge is 0.220 e. The summed E-state index contributed by atoms with van der Waals surface area (Å²) < 4.78 is 4.97. The molecule has 0 aromatic heterocycles. The van der Waals surface area contributed by atoms with Gasteiger partial charge in [-0.3, -0.25) is 4.79 Å². The van der Waals surface area contributed by atoms with E-state index in [9.17, 15) is 4.79 Å². The molecule has 0 aromatic carbocycles. The summed E-state index contributed by atoms with van der Waals surface area (Å²) in [4.78, 5) is 11.2. The minimum absolute atomic E-state index is 0.0779. The molecule has 1 amide bonds. The van der Waals surface area contributed by atoms with Crippen molar-refractivity contribution >= 4 is 5.91 Å². The first-order chi connectivity index (χ1) is 5.47. The molecule has 1 aliphatic heterocycles. The summed E-state index contributed by atoms with van der Waals surface area (Å²) in [6, 6.07) is 0. The second-order valence-electron chi connectivity index (χ2n) is 4.50. The Labute approximate surface area is 73.5 Å². The van der Waals surface area contributed by atoms with Crippen molar-refractivity contribution in [3.05, 3.63) is 0 Å². The highest BCUT2D eigenvalue weighted by atomic mass is 16.6. The number of nitrogens with one attached hydrogen (secondary N) is 1. The van der Waals surface area contributed by atoms with Crippen LogP contribution >= 0.6 is 0 Å². The molecular formula is C9H17NO2. The van der Waals surface area contributed by atoms with Crippen LogP contribution < -0.4 is 5.32 Å². The van der Waals surface area contributed by atoms with Crippen molar-refractivity contribution < 1.29 is 9.53 Å². The summed E-state index contributed by atoms with van der Waals surface area (Å²) in [5, 5.41) is 2.84. The normalized spacial score (nSPS) is 22.1. The van der Waals surface area contributed by atoms with Gasteiger partial charge in [-0.25, -0.2) is 0 Å². The van der Waals surface area contributed by atoms with Gasteiger partial charge in [0.05, 0.1) is 12.7 Å². The second kappa shape index (κ2) is 3.44. The van der Waals surface area contributed by atoms with Crippen molar-refractivity contribution in [3.63, 3.8) is 0 Å². The van der Waals surface area contributed by atoms with Crippen LogP contribution in [0.3, 0.4) is 0 Å². The van der Waals surface area contributed by atoms with E-state index in [1.165, 1.54) is 0 Å². The number of epoxide rings is 1. The van der Waals surface area contributed by atoms with Gasteiger partial charge in [0.25, 0.3) is 0 Å². The van der Waals surface area contributed by atoms with Crippen LogP contribution in [-0.2, 0) is 9.53 Å². The van der Waals surface area contributed by atoms with Gasteiger partial charge in [-0.15, -0.1) is 0 Å². The summed E-state index contributed by atoms with van der Waals surface area (Å²) in [5.74, 6) is 0.123. The SMILES string of the molecule is CC(C)(C)CC(=O)NCC1CO1. The molecule has 1 heterocycles. The molecule has 1 rings (SSSR count). The maximum atomic E-state index is 11.2. The topological polar surface area (TPSA) is 41.6 Å². The Balaban J connectivity index is 2.10. The lowest BCUT2D eigenvalue weighted by molar-refractivity contribution is -0.122. The Morgan fingerprint density at radius 2 is 2.17 bits per heavy atom. The average molecular weight is 171 g/mol. The Kier molecular flexibility index (Phi) is 2.73. The van der Waals surface area contributed by atoms with E-state index in [-0.39, 0.29) is 17.4 Å². The monoisotopic (exact) mass is 171 g/mol. The van der Waals surface area contributed by atoms with E-state index in [1.807, 2.05) is 0 Å². The molecule has 0 aromatic rings. The van der Waals surface area contributed by atoms with Crippen LogP contribution in [0.4, 0.5) is 0 Å². The molecule has 0 bridgehead atoms. The van der Waals surface area contributed by atoms with Crippen molar-refractivity contribution in [1.29, 1.82) is 0 Å². The van der Waals surface area contributed by atoms with Crippen molar-refractivity contribution in [1.82, 2.24) is 5.32 Å². The number of hydrogen-bond acceptors (Lipinski definition) is 2. The van der Waals surface area contributed by atoms with Crippen LogP contribution in [-0.4, -0.2) is 25.2 Å². The summed E-state index contributed by atoms with van der Waals surface area (Å²) in [7, 11) is 0. The first-order valence-corrected chi connectivity index (χ1v) is 4.36. The molecule has 1 saturated heterocycles. The van der Waals surface area contributed by atoms with Gasteiger partial charge in [-0.1, -0.05) is 20.8 Å². The van der Waals surface area contributed by atoms with E-state index < -0.39 is 0 Å². The quantitative estimate of drug-likeness (QED) is 0.642. The van der Waals surface area contributed by atoms with Crippen molar-refractivity contribution in [2.45, 2.75) is 33.3 Å². The number of hydrogen-bond donors (Lipinski definition) is 1. The number of carbonyl (C=O) groups excluding carboxylic acids is 1. The maximum absolute atomic E-state index is 11.2. The maximum Gasteiger partial charge on any atom is 0.220 e. The van der Waals surface area contributed by atoms with E-state index in [2.05, 4.69) is 26.1 Å². The molecular weight excluding hydrogens is 154 g/mol. The average Bonchev–Trinajstić information content (AvgIpc) is 2.61. The van der Waals surface area contributed by atoms with E-state index in [4.69, 9.17) is 4.74 Å². The Morgan fingerprint density at radius 1 is 1.58 bits per heavy atom. The van der Waals surface area contributed by atoms with Gasteiger partial charge < -0.3 is 10.1 Å². The zero-order chi connectivity index (χ0) is 9.19. The molecule has 12 heavy (non-hydrogen) atoms. The Morgan fingerprint density at radius 3 is 2.58 bits per heavy atom. The number of rotatable bonds is 3. The fourth-order valence-electron chi connectivity index (χ4n) is 0.958. The fourth-order valence-corrected chi connectivity index (χ4v) is 0.958. The standard InChI is InChI=1S/C9H17NO2/c1-9(2,3)4-8(11)10-5-7-6-12-7/h7H,4-6H2,1-3H3,(H,10,11). The zero-order valence-corrected chi connectivity index (χ0v) is 8.02. The summed E-state index contributed by atoms with van der Waals surface area (Å²) in [5.41, 5.74) is 0.0779. The molecule has 1 unspecified atom stereocenters. The van der Waals surface area contributed by atoms with Crippen molar-refractivity contribution in [2.24, 2.45) is 5.41 Å². The van der Waals surface area contributed by atoms with E-state index in [0.717, 1.165) is 6.61 Å². The Hall–Kier alpha value is -0.570. The summed E-state index contributed by atoms with van der Waals surface area (Å²) >= 11 is 0. The van der Waals surface area contributed by atoms with Crippen LogP contribution in [0.5, 0.6) is 0 Å². The third-order valence-electron chi connectivity index (χ3n) is 1.62. The first kappa shape index (κ1) is 9.52. The van der Waals surface area contributed by atoms with E-state index in [1.54, 1.807) is 0 Å². The third kappa shape index (κ3) is 4.34. The molecule has 3 heteroatoms. The lowest BCUT2D eigenvalue weighted by Crippen LogP contribution is -2.30. The summed E-state index contributed by atoms with van der Waals surface area (Å²) in [6.07, 6.45) is 0.869. The zero-order valence-electron chi connectivity index (χ0n) is 8.02. The van der Waals surface area contributed by atoms with Gasteiger partial charge in [0.2, 0.25) is 5.91 Å². The van der Waals surface area contributed by atoms with Gasteiger partial charge in [0.1, 0.15) is 0 Å². The predicted molar refractivity (Wildman–Crippen MR) is 46.8 cm³/mol. The van der Waals surface area contributed by atoms with E-state index in [0.29, 0.717) is 13.0 Å². The van der Waals surface area contributed by atoms with Crippen LogP contribution in [0.1, 0.15) is 27.2 Å². The third-order valence-corrected chi connectivity index (χ3v) is 1.62. The van der Waals surface area contributed by atoms with Crippen molar-refractivity contribution in [3.8, 4) is 0 Å². The fraction of sp³-hybridized carbons (Fsp3) is 0.889. The molecule has 1 aliphatic rings. The molecule has 1 atom stereocenters. The predicted octanol–water partition coefficient (Wildman–Crippen LogP) is 0.938. The Bertz CT molecular complexity index is 168. The van der Waals surface area contributed by atoms with Gasteiger partial charge in [-0.2, -0.15) is 0 Å². The van der Waals surface area contributed by atoms with Gasteiger partial charge in [0.15, 0.2) is 0 Å². The largest absolute Gasteiger partial charge is 0.371 e. The van der Waals surface area contributed by atoms with Crippen LogP contribution in [0.25, 0.3) is 0 Å². The van der Waals surface area contributed by atoms with Crippen molar-refractivity contribution in [2.75, 3.05) is 13.2 Å². The lowest BCUT2D eigenvalue weighted by Gasteiger charge is -2.16. The number of carbonyl (C=O) groups is 1. The first-order valence-electron chi connectivity index (χ1n) is 4.36. The number of amides is 1. The van der Waals surface area contributed by atoms with Gasteiger partial charge in [-0.05, 0) is 5.41 Å². The van der Waals surface area contributed by atoms with Crippen LogP contribution in [0.2, 0.25) is 0 Å². The summed E-state index contributed by atoms with van der Waals surface area (Å²) in [6.45, 7) is 7.64.